The number of benzene rings is 2. The van der Waals surface area contributed by atoms with Gasteiger partial charge in [-0.25, -0.2) is 9.78 Å². The number of hydrogen-bond donors (Lipinski definition) is 1. The third-order valence-electron chi connectivity index (χ3n) is 5.13. The molecule has 0 spiro atoms. The number of thiophene rings is 1. The second kappa shape index (κ2) is 8.61. The maximum absolute atomic E-state index is 13.3. The number of nitriles is 1. The molecule has 0 atom stereocenters. The molecular formula is C25H19N3O3S. The van der Waals surface area contributed by atoms with E-state index in [4.69, 9.17) is 9.72 Å². The van der Waals surface area contributed by atoms with Crippen LogP contribution in [-0.2, 0) is 4.74 Å². The van der Waals surface area contributed by atoms with Gasteiger partial charge in [0, 0.05) is 10.9 Å². The van der Waals surface area contributed by atoms with Crippen LogP contribution < -0.4 is 5.32 Å². The number of nitrogens with zero attached hydrogens (tertiary/aromatic N) is 2. The van der Waals surface area contributed by atoms with Gasteiger partial charge in [-0.2, -0.15) is 5.26 Å². The first kappa shape index (κ1) is 21.2. The molecule has 1 N–H and O–H groups in total. The predicted octanol–water partition coefficient (Wildman–Crippen LogP) is 5.49. The van der Waals surface area contributed by atoms with Gasteiger partial charge in [0.05, 0.1) is 29.4 Å². The number of anilines is 1. The summed E-state index contributed by atoms with van der Waals surface area (Å²) in [7, 11) is 1.28. The molecular weight excluding hydrogens is 422 g/mol. The van der Waals surface area contributed by atoms with Crippen LogP contribution in [-0.4, -0.2) is 24.0 Å². The third-order valence-corrected chi connectivity index (χ3v) is 6.32. The van der Waals surface area contributed by atoms with E-state index in [1.807, 2.05) is 55.5 Å². The molecule has 0 saturated heterocycles. The first-order chi connectivity index (χ1) is 15.4. The lowest BCUT2D eigenvalue weighted by Crippen LogP contribution is -2.13. The van der Waals surface area contributed by atoms with Crippen molar-refractivity contribution in [3.05, 3.63) is 81.7 Å². The minimum Gasteiger partial charge on any atom is -0.465 e. The number of para-hydroxylation sites is 1. The normalized spacial score (nSPS) is 10.6. The first-order valence-corrected chi connectivity index (χ1v) is 10.6. The van der Waals surface area contributed by atoms with Gasteiger partial charge < -0.3 is 10.1 Å². The summed E-state index contributed by atoms with van der Waals surface area (Å²) in [6.07, 6.45) is 0. The van der Waals surface area contributed by atoms with Gasteiger partial charge in [-0.3, -0.25) is 4.79 Å². The fraction of sp³-hybridized carbons (Fsp3) is 0.120. The van der Waals surface area contributed by atoms with Gasteiger partial charge in [-0.05, 0) is 37.6 Å². The molecule has 0 unspecified atom stereocenters. The molecule has 0 radical (unpaired) electrons. The molecule has 0 saturated carbocycles. The average Bonchev–Trinajstić information content (AvgIpc) is 3.12. The van der Waals surface area contributed by atoms with E-state index in [1.165, 1.54) is 7.11 Å². The number of carbonyl (C=O) groups is 2. The largest absolute Gasteiger partial charge is 0.465 e. The van der Waals surface area contributed by atoms with Crippen molar-refractivity contribution in [2.24, 2.45) is 0 Å². The maximum atomic E-state index is 13.3. The van der Waals surface area contributed by atoms with E-state index in [0.29, 0.717) is 37.6 Å². The number of amides is 1. The Hall–Kier alpha value is -4.02. The molecule has 0 aliphatic carbocycles. The van der Waals surface area contributed by atoms with Gasteiger partial charge in [0.15, 0.2) is 0 Å². The van der Waals surface area contributed by atoms with E-state index < -0.39 is 5.97 Å². The highest BCUT2D eigenvalue weighted by molar-refractivity contribution is 7.18. The van der Waals surface area contributed by atoms with Gasteiger partial charge in [-0.15, -0.1) is 11.3 Å². The van der Waals surface area contributed by atoms with Crippen molar-refractivity contribution in [3.63, 3.8) is 0 Å². The lowest BCUT2D eigenvalue weighted by Gasteiger charge is -2.10. The van der Waals surface area contributed by atoms with Crippen LogP contribution in [0, 0.1) is 25.2 Å². The van der Waals surface area contributed by atoms with Gasteiger partial charge in [-0.1, -0.05) is 42.0 Å². The molecule has 2 aromatic carbocycles. The molecule has 2 aromatic heterocycles. The highest BCUT2D eigenvalue weighted by Crippen LogP contribution is 2.34. The Kier molecular flexibility index (Phi) is 5.71. The lowest BCUT2D eigenvalue weighted by molar-refractivity contribution is 0.0605. The van der Waals surface area contributed by atoms with Crippen LogP contribution >= 0.6 is 11.3 Å². The molecule has 2 heterocycles. The summed E-state index contributed by atoms with van der Waals surface area (Å²) in [5.41, 5.74) is 4.53. The van der Waals surface area contributed by atoms with Gasteiger partial charge in [0.1, 0.15) is 15.9 Å². The van der Waals surface area contributed by atoms with Crippen LogP contribution in [0.3, 0.4) is 0 Å². The number of nitrogens with one attached hydrogen (secondary N) is 1. The number of rotatable bonds is 4. The molecule has 0 fully saturated rings. The predicted molar refractivity (Wildman–Crippen MR) is 125 cm³/mol. The van der Waals surface area contributed by atoms with Crippen LogP contribution in [0.5, 0.6) is 0 Å². The van der Waals surface area contributed by atoms with Crippen LogP contribution in [0.4, 0.5) is 5.00 Å². The topological polar surface area (TPSA) is 92.1 Å². The van der Waals surface area contributed by atoms with Crippen molar-refractivity contribution in [1.82, 2.24) is 4.98 Å². The maximum Gasteiger partial charge on any atom is 0.348 e. The van der Waals surface area contributed by atoms with E-state index in [1.54, 1.807) is 13.0 Å². The van der Waals surface area contributed by atoms with Crippen LogP contribution in [0.25, 0.3) is 22.2 Å². The summed E-state index contributed by atoms with van der Waals surface area (Å²) >= 11 is 1.03. The van der Waals surface area contributed by atoms with E-state index >= 15 is 0 Å². The molecule has 4 rings (SSSR count). The summed E-state index contributed by atoms with van der Waals surface area (Å²) < 4.78 is 4.79. The van der Waals surface area contributed by atoms with E-state index in [-0.39, 0.29) is 11.5 Å². The Bertz CT molecular complexity index is 1420. The number of aromatic nitrogens is 1. The highest BCUT2D eigenvalue weighted by atomic mass is 32.1. The summed E-state index contributed by atoms with van der Waals surface area (Å²) in [6.45, 7) is 3.66. The smallest absolute Gasteiger partial charge is 0.348 e. The van der Waals surface area contributed by atoms with Crippen molar-refractivity contribution in [3.8, 4) is 17.3 Å². The summed E-state index contributed by atoms with van der Waals surface area (Å²) in [5.74, 6) is -0.924. The summed E-state index contributed by atoms with van der Waals surface area (Å²) in [5, 5.41) is 13.4. The van der Waals surface area contributed by atoms with E-state index in [9.17, 15) is 14.9 Å². The van der Waals surface area contributed by atoms with Crippen LogP contribution in [0.1, 0.15) is 36.7 Å². The van der Waals surface area contributed by atoms with E-state index in [0.717, 1.165) is 22.5 Å². The minimum atomic E-state index is -0.541. The van der Waals surface area contributed by atoms with Crippen molar-refractivity contribution in [2.45, 2.75) is 13.8 Å². The number of pyridine rings is 1. The molecule has 7 heteroatoms. The fourth-order valence-electron chi connectivity index (χ4n) is 3.51. The van der Waals surface area contributed by atoms with E-state index in [2.05, 4.69) is 11.4 Å². The van der Waals surface area contributed by atoms with Crippen molar-refractivity contribution < 1.29 is 14.3 Å². The Labute approximate surface area is 189 Å². The average molecular weight is 442 g/mol. The second-order valence-corrected chi connectivity index (χ2v) is 8.28. The zero-order valence-corrected chi connectivity index (χ0v) is 18.5. The highest BCUT2D eigenvalue weighted by Gasteiger charge is 2.23. The van der Waals surface area contributed by atoms with Crippen molar-refractivity contribution in [1.29, 1.82) is 5.26 Å². The molecule has 1 amide bonds. The fourth-order valence-corrected chi connectivity index (χ4v) is 4.58. The first-order valence-electron chi connectivity index (χ1n) is 9.83. The number of methoxy groups -OCH3 is 1. The monoisotopic (exact) mass is 441 g/mol. The van der Waals surface area contributed by atoms with Crippen molar-refractivity contribution in [2.75, 3.05) is 12.4 Å². The molecule has 0 bridgehead atoms. The van der Waals surface area contributed by atoms with Gasteiger partial charge in [0.25, 0.3) is 5.91 Å². The van der Waals surface area contributed by atoms with Crippen molar-refractivity contribution >= 4 is 39.1 Å². The third kappa shape index (κ3) is 3.84. The summed E-state index contributed by atoms with van der Waals surface area (Å²) in [6, 6.07) is 19.1. The quantitative estimate of drug-likeness (QED) is 0.423. The Morgan fingerprint density at radius 2 is 1.88 bits per heavy atom. The SMILES string of the molecule is COC(=O)c1sc(NC(=O)c2cc(-c3cccc(C)c3)nc3ccccc23)c(C#N)c1C. The second-order valence-electron chi connectivity index (χ2n) is 7.26. The number of fused-ring (bicyclic) bond motifs is 1. The van der Waals surface area contributed by atoms with Crippen LogP contribution in [0.2, 0.25) is 0 Å². The zero-order chi connectivity index (χ0) is 22.8. The number of hydrogen-bond acceptors (Lipinski definition) is 6. The lowest BCUT2D eigenvalue weighted by atomic mass is 10.0. The summed E-state index contributed by atoms with van der Waals surface area (Å²) in [4.78, 5) is 30.4. The number of aryl methyl sites for hydroxylation is 1. The standard InChI is InChI=1S/C25H19N3O3S/c1-14-7-6-8-16(11-14)21-12-18(17-9-4-5-10-20(17)27-21)23(29)28-24-19(13-26)15(2)22(32-24)25(30)31-3/h4-12H,1-3H3,(H,28,29). The molecule has 6 nitrogen and oxygen atoms in total. The minimum absolute atomic E-state index is 0.251. The molecule has 158 valence electrons. The molecule has 0 aliphatic rings. The molecule has 32 heavy (non-hydrogen) atoms. The van der Waals surface area contributed by atoms with Crippen LogP contribution in [0.15, 0.2) is 54.6 Å². The number of ether oxygens (including phenoxy) is 1. The van der Waals surface area contributed by atoms with Gasteiger partial charge in [0.2, 0.25) is 0 Å². The Morgan fingerprint density at radius 3 is 2.59 bits per heavy atom. The molecule has 4 aromatic rings. The molecule has 0 aliphatic heterocycles. The Balaban J connectivity index is 1.81. The number of esters is 1. The van der Waals surface area contributed by atoms with Gasteiger partial charge >= 0.3 is 5.97 Å². The Morgan fingerprint density at radius 1 is 1.09 bits per heavy atom. The number of carbonyl (C=O) groups excluding carboxylic acids is 2. The zero-order valence-electron chi connectivity index (χ0n) is 17.7.